The van der Waals surface area contributed by atoms with Crippen LogP contribution in [0, 0.1) is 0 Å². The fourth-order valence-electron chi connectivity index (χ4n) is 4.27. The second-order valence-electron chi connectivity index (χ2n) is 8.91. The number of aromatic nitrogens is 1. The third-order valence-electron chi connectivity index (χ3n) is 5.97. The number of pyridine rings is 1. The van der Waals surface area contributed by atoms with Crippen LogP contribution in [-0.2, 0) is 6.42 Å². The van der Waals surface area contributed by atoms with Crippen LogP contribution in [0.5, 0.6) is 0 Å². The number of rotatable bonds is 7. The molecule has 156 valence electrons. The Hall–Kier alpha value is -2.65. The van der Waals surface area contributed by atoms with Crippen LogP contribution in [0.3, 0.4) is 0 Å². The molecule has 4 rings (SSSR count). The Labute approximate surface area is 180 Å². The lowest BCUT2D eigenvalue weighted by Gasteiger charge is -2.16. The van der Waals surface area contributed by atoms with Crippen molar-refractivity contribution in [1.82, 2.24) is 9.88 Å². The van der Waals surface area contributed by atoms with Crippen molar-refractivity contribution in [3.8, 4) is 0 Å². The molecule has 3 heteroatoms. The van der Waals surface area contributed by atoms with Gasteiger partial charge < -0.3 is 10.2 Å². The van der Waals surface area contributed by atoms with Crippen molar-refractivity contribution in [3.63, 3.8) is 0 Å². The number of allylic oxidation sites excluding steroid dienone is 1. The average molecular weight is 400 g/mol. The van der Waals surface area contributed by atoms with E-state index in [2.05, 4.69) is 92.8 Å². The Balaban J connectivity index is 1.67. The third-order valence-corrected chi connectivity index (χ3v) is 5.97. The molecule has 0 unspecified atom stereocenters. The predicted octanol–water partition coefficient (Wildman–Crippen LogP) is 6.21. The maximum absolute atomic E-state index is 5.08. The Bertz CT molecular complexity index is 1050. The topological polar surface area (TPSA) is 28.2 Å². The fourth-order valence-corrected chi connectivity index (χ4v) is 4.27. The number of hydrogen-bond donors (Lipinski definition) is 1. The van der Waals surface area contributed by atoms with Crippen molar-refractivity contribution in [1.29, 1.82) is 0 Å². The summed E-state index contributed by atoms with van der Waals surface area (Å²) in [6.07, 6.45) is 5.56. The van der Waals surface area contributed by atoms with Crippen LogP contribution >= 0.6 is 0 Å². The highest BCUT2D eigenvalue weighted by molar-refractivity contribution is 5.98. The Morgan fingerprint density at radius 3 is 2.53 bits per heavy atom. The SMILES string of the molecule is CC(C)c1ccc(/C=C2\CCc3c2nc2ccccc2c3NCCCN(C)C)cc1. The Morgan fingerprint density at radius 1 is 1.03 bits per heavy atom. The lowest BCUT2D eigenvalue weighted by molar-refractivity contribution is 0.405. The van der Waals surface area contributed by atoms with E-state index >= 15 is 0 Å². The molecule has 2 aromatic carbocycles. The molecule has 0 spiro atoms. The summed E-state index contributed by atoms with van der Waals surface area (Å²) in [7, 11) is 4.26. The molecule has 0 saturated carbocycles. The van der Waals surface area contributed by atoms with Crippen molar-refractivity contribution in [2.45, 2.75) is 39.0 Å². The first-order valence-electron chi connectivity index (χ1n) is 11.1. The van der Waals surface area contributed by atoms with E-state index in [-0.39, 0.29) is 0 Å². The van der Waals surface area contributed by atoms with E-state index in [1.165, 1.54) is 39.0 Å². The van der Waals surface area contributed by atoms with Gasteiger partial charge in [0.1, 0.15) is 0 Å². The maximum atomic E-state index is 5.08. The van der Waals surface area contributed by atoms with E-state index < -0.39 is 0 Å². The lowest BCUT2D eigenvalue weighted by atomic mass is 10.0. The highest BCUT2D eigenvalue weighted by Gasteiger charge is 2.23. The number of fused-ring (bicyclic) bond motifs is 2. The summed E-state index contributed by atoms with van der Waals surface area (Å²) in [5.41, 5.74) is 8.92. The van der Waals surface area contributed by atoms with Gasteiger partial charge in [-0.1, -0.05) is 56.3 Å². The van der Waals surface area contributed by atoms with Gasteiger partial charge in [-0.2, -0.15) is 0 Å². The van der Waals surface area contributed by atoms with Crippen molar-refractivity contribution < 1.29 is 0 Å². The molecule has 0 atom stereocenters. The minimum atomic E-state index is 0.563. The third kappa shape index (κ3) is 4.41. The van der Waals surface area contributed by atoms with Gasteiger partial charge in [-0.25, -0.2) is 4.98 Å². The number of nitrogens with one attached hydrogen (secondary N) is 1. The van der Waals surface area contributed by atoms with Crippen LogP contribution in [0.1, 0.15) is 55.0 Å². The number of para-hydroxylation sites is 1. The first kappa shape index (κ1) is 20.6. The zero-order valence-corrected chi connectivity index (χ0v) is 18.7. The molecule has 3 nitrogen and oxygen atoms in total. The molecular formula is C27H33N3. The molecule has 0 bridgehead atoms. The van der Waals surface area contributed by atoms with Crippen molar-refractivity contribution in [2.24, 2.45) is 0 Å². The molecule has 1 N–H and O–H groups in total. The zero-order chi connectivity index (χ0) is 21.1. The first-order chi connectivity index (χ1) is 14.5. The summed E-state index contributed by atoms with van der Waals surface area (Å²) in [4.78, 5) is 7.32. The molecule has 0 fully saturated rings. The van der Waals surface area contributed by atoms with E-state index in [9.17, 15) is 0 Å². The van der Waals surface area contributed by atoms with Crippen molar-refractivity contribution in [2.75, 3.05) is 32.5 Å². The largest absolute Gasteiger partial charge is 0.384 e. The lowest BCUT2D eigenvalue weighted by Crippen LogP contribution is -2.17. The highest BCUT2D eigenvalue weighted by atomic mass is 15.1. The molecule has 1 aromatic heterocycles. The molecule has 0 amide bonds. The molecule has 0 aliphatic heterocycles. The van der Waals surface area contributed by atoms with Gasteiger partial charge in [0.05, 0.1) is 11.2 Å². The van der Waals surface area contributed by atoms with E-state index in [4.69, 9.17) is 4.98 Å². The zero-order valence-electron chi connectivity index (χ0n) is 18.7. The average Bonchev–Trinajstić information content (AvgIpc) is 3.13. The molecule has 1 aliphatic rings. The summed E-state index contributed by atoms with van der Waals surface area (Å²) >= 11 is 0. The second-order valence-corrected chi connectivity index (χ2v) is 8.91. The number of hydrogen-bond acceptors (Lipinski definition) is 3. The summed E-state index contributed by atoms with van der Waals surface area (Å²) in [6.45, 7) is 6.55. The standard InChI is InChI=1S/C27H33N3/c1-19(2)21-12-10-20(11-13-21)18-22-14-15-24-26(22)29-25-9-6-5-8-23(25)27(24)28-16-7-17-30(3)4/h5-6,8-13,18-19H,7,14-17H2,1-4H3,(H,28,29)/b22-18+. The van der Waals surface area contributed by atoms with Crippen molar-refractivity contribution >= 4 is 28.2 Å². The molecular weight excluding hydrogens is 366 g/mol. The molecule has 1 aliphatic carbocycles. The Kier molecular flexibility index (Phi) is 6.19. The molecule has 1 heterocycles. The van der Waals surface area contributed by atoms with Gasteiger partial charge in [-0.3, -0.25) is 0 Å². The smallest absolute Gasteiger partial charge is 0.0730 e. The molecule has 0 saturated heterocycles. The van der Waals surface area contributed by atoms with Crippen LogP contribution in [0.15, 0.2) is 48.5 Å². The summed E-state index contributed by atoms with van der Waals surface area (Å²) in [6, 6.07) is 17.5. The first-order valence-corrected chi connectivity index (χ1v) is 11.1. The summed E-state index contributed by atoms with van der Waals surface area (Å²) < 4.78 is 0. The van der Waals surface area contributed by atoms with Crippen molar-refractivity contribution in [3.05, 3.63) is 70.9 Å². The van der Waals surface area contributed by atoms with Crippen LogP contribution in [0.2, 0.25) is 0 Å². The normalized spacial score (nSPS) is 14.8. The Morgan fingerprint density at radius 2 is 1.80 bits per heavy atom. The maximum Gasteiger partial charge on any atom is 0.0730 e. The summed E-state index contributed by atoms with van der Waals surface area (Å²) in [5.74, 6) is 0.563. The minimum absolute atomic E-state index is 0.563. The van der Waals surface area contributed by atoms with Gasteiger partial charge in [0.15, 0.2) is 0 Å². The van der Waals surface area contributed by atoms with Crippen LogP contribution in [0.4, 0.5) is 5.69 Å². The van der Waals surface area contributed by atoms with Gasteiger partial charge >= 0.3 is 0 Å². The van der Waals surface area contributed by atoms with Gasteiger partial charge in [-0.15, -0.1) is 0 Å². The number of benzene rings is 2. The van der Waals surface area contributed by atoms with Gasteiger partial charge in [0.2, 0.25) is 0 Å². The monoisotopic (exact) mass is 399 g/mol. The molecule has 3 aromatic rings. The minimum Gasteiger partial charge on any atom is -0.384 e. The molecule has 30 heavy (non-hydrogen) atoms. The van der Waals surface area contributed by atoms with Gasteiger partial charge in [0, 0.05) is 23.2 Å². The van der Waals surface area contributed by atoms with E-state index in [1.54, 1.807) is 0 Å². The van der Waals surface area contributed by atoms with E-state index in [1.807, 2.05) is 0 Å². The van der Waals surface area contributed by atoms with E-state index in [0.29, 0.717) is 5.92 Å². The second kappa shape index (κ2) is 9.01. The fraction of sp³-hybridized carbons (Fsp3) is 0.370. The predicted molar refractivity (Wildman–Crippen MR) is 130 cm³/mol. The van der Waals surface area contributed by atoms with Gasteiger partial charge in [-0.05, 0) is 74.7 Å². The van der Waals surface area contributed by atoms with Gasteiger partial charge in [0.25, 0.3) is 0 Å². The molecule has 0 radical (unpaired) electrons. The number of anilines is 1. The number of nitrogens with zero attached hydrogens (tertiary/aromatic N) is 2. The van der Waals surface area contributed by atoms with Crippen LogP contribution in [0.25, 0.3) is 22.6 Å². The summed E-state index contributed by atoms with van der Waals surface area (Å²) in [5, 5.41) is 4.99. The quantitative estimate of drug-likeness (QED) is 0.479. The van der Waals surface area contributed by atoms with Crippen LogP contribution in [-0.4, -0.2) is 37.1 Å². The highest BCUT2D eigenvalue weighted by Crippen LogP contribution is 2.40. The van der Waals surface area contributed by atoms with E-state index in [0.717, 1.165) is 37.9 Å². The van der Waals surface area contributed by atoms with Crippen LogP contribution < -0.4 is 5.32 Å².